The molecule has 1 aliphatic heterocycles. The average Bonchev–Trinajstić information content (AvgIpc) is 2.16. The van der Waals surface area contributed by atoms with Crippen molar-refractivity contribution in [1.82, 2.24) is 0 Å². The third-order valence-electron chi connectivity index (χ3n) is 2.67. The topological polar surface area (TPSA) is 21.3 Å². The number of ether oxygens (including phenoxy) is 1. The number of halogens is 1. The number of hydrogen-bond acceptors (Lipinski definition) is 2. The van der Waals surface area contributed by atoms with Crippen LogP contribution in [0.15, 0.2) is 18.2 Å². The number of benzene rings is 1. The quantitative estimate of drug-likeness (QED) is 0.709. The van der Waals surface area contributed by atoms with Crippen molar-refractivity contribution in [2.75, 3.05) is 11.9 Å². The average molecular weight is 209 g/mol. The molecule has 0 spiro atoms. The molecule has 1 aromatic carbocycles. The summed E-state index contributed by atoms with van der Waals surface area (Å²) >= 11 is 0. The second-order valence-corrected chi connectivity index (χ2v) is 4.97. The molecular weight excluding hydrogens is 193 g/mol. The Morgan fingerprint density at radius 2 is 2.13 bits per heavy atom. The molecule has 0 saturated heterocycles. The van der Waals surface area contributed by atoms with E-state index in [0.717, 1.165) is 0 Å². The van der Waals surface area contributed by atoms with Crippen molar-refractivity contribution in [3.05, 3.63) is 24.0 Å². The smallest absolute Gasteiger partial charge is 0.150 e. The summed E-state index contributed by atoms with van der Waals surface area (Å²) in [4.78, 5) is 0. The zero-order valence-corrected chi connectivity index (χ0v) is 9.30. The highest BCUT2D eigenvalue weighted by Gasteiger charge is 2.31. The Labute approximate surface area is 89.4 Å². The van der Waals surface area contributed by atoms with Crippen LogP contribution in [0.3, 0.4) is 0 Å². The predicted octanol–water partition coefficient (Wildman–Crippen LogP) is 3.04. The molecule has 2 nitrogen and oxygen atoms in total. The molecule has 0 aliphatic carbocycles. The highest BCUT2D eigenvalue weighted by molar-refractivity contribution is 5.59. The lowest BCUT2D eigenvalue weighted by Gasteiger charge is -2.35. The lowest BCUT2D eigenvalue weighted by Crippen LogP contribution is -2.41. The van der Waals surface area contributed by atoms with Gasteiger partial charge < -0.3 is 10.1 Å². The summed E-state index contributed by atoms with van der Waals surface area (Å²) in [6, 6.07) is 4.90. The fourth-order valence-electron chi connectivity index (χ4n) is 1.65. The van der Waals surface area contributed by atoms with Crippen molar-refractivity contribution in [3.8, 4) is 5.75 Å². The van der Waals surface area contributed by atoms with E-state index in [2.05, 4.69) is 26.1 Å². The van der Waals surface area contributed by atoms with Gasteiger partial charge in [-0.3, -0.25) is 0 Å². The second-order valence-electron chi connectivity index (χ2n) is 4.97. The van der Waals surface area contributed by atoms with Crippen molar-refractivity contribution in [1.29, 1.82) is 0 Å². The van der Waals surface area contributed by atoms with E-state index in [4.69, 9.17) is 4.74 Å². The maximum atomic E-state index is 13.4. The van der Waals surface area contributed by atoms with Crippen LogP contribution < -0.4 is 10.1 Å². The van der Waals surface area contributed by atoms with Crippen LogP contribution in [0.2, 0.25) is 0 Å². The molecule has 15 heavy (non-hydrogen) atoms. The van der Waals surface area contributed by atoms with Crippen LogP contribution in [0.4, 0.5) is 10.1 Å². The summed E-state index contributed by atoms with van der Waals surface area (Å²) in [6.45, 7) is 6.99. The largest absolute Gasteiger partial charge is 0.486 e. The number of anilines is 1. The van der Waals surface area contributed by atoms with Gasteiger partial charge in [-0.05, 0) is 12.1 Å². The van der Waals surface area contributed by atoms with Gasteiger partial charge in [-0.25, -0.2) is 4.39 Å². The summed E-state index contributed by atoms with van der Waals surface area (Å²) in [5.41, 5.74) is 0.537. The summed E-state index contributed by atoms with van der Waals surface area (Å²) in [7, 11) is 0. The maximum absolute atomic E-state index is 13.4. The Morgan fingerprint density at radius 1 is 1.40 bits per heavy atom. The molecule has 0 radical (unpaired) electrons. The van der Waals surface area contributed by atoms with E-state index in [1.807, 2.05) is 0 Å². The summed E-state index contributed by atoms with van der Waals surface area (Å²) in [5, 5.41) is 3.09. The van der Waals surface area contributed by atoms with E-state index in [-0.39, 0.29) is 17.3 Å². The lowest BCUT2D eigenvalue weighted by molar-refractivity contribution is 0.0916. The summed E-state index contributed by atoms with van der Waals surface area (Å²) in [6.07, 6.45) is 0.0757. The van der Waals surface area contributed by atoms with Gasteiger partial charge in [-0.1, -0.05) is 26.8 Å². The molecule has 0 fully saturated rings. The first-order valence-electron chi connectivity index (χ1n) is 5.17. The first-order valence-corrected chi connectivity index (χ1v) is 5.17. The SMILES string of the molecule is CC(C)(C)C1CNc2c(F)cccc2O1. The van der Waals surface area contributed by atoms with Gasteiger partial charge in [0.05, 0.1) is 6.54 Å². The molecule has 0 saturated carbocycles. The van der Waals surface area contributed by atoms with Gasteiger partial charge in [0.15, 0.2) is 0 Å². The molecule has 0 amide bonds. The van der Waals surface area contributed by atoms with Gasteiger partial charge in [0.2, 0.25) is 0 Å². The Bertz CT molecular complexity index is 370. The fourth-order valence-corrected chi connectivity index (χ4v) is 1.65. The Hall–Kier alpha value is -1.25. The molecule has 82 valence electrons. The Balaban J connectivity index is 2.28. The van der Waals surface area contributed by atoms with Gasteiger partial charge in [0.25, 0.3) is 0 Å². The van der Waals surface area contributed by atoms with E-state index >= 15 is 0 Å². The first-order chi connectivity index (χ1) is 6.98. The second kappa shape index (κ2) is 3.40. The molecule has 3 heteroatoms. The van der Waals surface area contributed by atoms with E-state index in [9.17, 15) is 4.39 Å². The third kappa shape index (κ3) is 1.91. The maximum Gasteiger partial charge on any atom is 0.150 e. The number of hydrogen-bond donors (Lipinski definition) is 1. The standard InChI is InChI=1S/C12H16FNO/c1-12(2,3)10-7-14-11-8(13)5-4-6-9(11)15-10/h4-6,10,14H,7H2,1-3H3. The third-order valence-corrected chi connectivity index (χ3v) is 2.67. The summed E-state index contributed by atoms with van der Waals surface area (Å²) in [5.74, 6) is 0.362. The molecule has 1 heterocycles. The van der Waals surface area contributed by atoms with Crippen molar-refractivity contribution in [2.24, 2.45) is 5.41 Å². The van der Waals surface area contributed by atoms with Crippen molar-refractivity contribution >= 4 is 5.69 Å². The van der Waals surface area contributed by atoms with Crippen LogP contribution in [-0.4, -0.2) is 12.6 Å². The number of rotatable bonds is 0. The van der Waals surface area contributed by atoms with Gasteiger partial charge in [0.1, 0.15) is 23.4 Å². The zero-order valence-electron chi connectivity index (χ0n) is 9.30. The van der Waals surface area contributed by atoms with Gasteiger partial charge >= 0.3 is 0 Å². The predicted molar refractivity (Wildman–Crippen MR) is 58.8 cm³/mol. The molecule has 2 rings (SSSR count). The van der Waals surface area contributed by atoms with Crippen LogP contribution in [-0.2, 0) is 0 Å². The highest BCUT2D eigenvalue weighted by atomic mass is 19.1. The molecular formula is C12H16FNO. The van der Waals surface area contributed by atoms with Gasteiger partial charge in [-0.15, -0.1) is 0 Å². The van der Waals surface area contributed by atoms with Crippen LogP contribution >= 0.6 is 0 Å². The Kier molecular flexibility index (Phi) is 2.33. The molecule has 0 aromatic heterocycles. The minimum absolute atomic E-state index is 0.0526. The number of fused-ring (bicyclic) bond motifs is 1. The van der Waals surface area contributed by atoms with Crippen molar-refractivity contribution in [3.63, 3.8) is 0 Å². The van der Waals surface area contributed by atoms with Crippen molar-refractivity contribution < 1.29 is 9.13 Å². The first kappa shape index (κ1) is 10.3. The normalized spacial score (nSPS) is 20.1. The number of nitrogens with one attached hydrogen (secondary N) is 1. The molecule has 0 bridgehead atoms. The molecule has 1 unspecified atom stereocenters. The minimum Gasteiger partial charge on any atom is -0.486 e. The van der Waals surface area contributed by atoms with Crippen LogP contribution in [0.1, 0.15) is 20.8 Å². The molecule has 1 N–H and O–H groups in total. The molecule has 1 aliphatic rings. The highest BCUT2D eigenvalue weighted by Crippen LogP contribution is 2.35. The molecule has 1 atom stereocenters. The van der Waals surface area contributed by atoms with Gasteiger partial charge in [-0.2, -0.15) is 0 Å². The monoisotopic (exact) mass is 209 g/mol. The number of para-hydroxylation sites is 1. The van der Waals surface area contributed by atoms with Crippen molar-refractivity contribution in [2.45, 2.75) is 26.9 Å². The van der Waals surface area contributed by atoms with E-state index in [1.54, 1.807) is 12.1 Å². The van der Waals surface area contributed by atoms with E-state index in [0.29, 0.717) is 18.0 Å². The Morgan fingerprint density at radius 3 is 2.80 bits per heavy atom. The summed E-state index contributed by atoms with van der Waals surface area (Å²) < 4.78 is 19.1. The van der Waals surface area contributed by atoms with Crippen LogP contribution in [0.25, 0.3) is 0 Å². The zero-order chi connectivity index (χ0) is 11.1. The van der Waals surface area contributed by atoms with E-state index < -0.39 is 0 Å². The van der Waals surface area contributed by atoms with Crippen LogP contribution in [0, 0.1) is 11.2 Å². The van der Waals surface area contributed by atoms with E-state index in [1.165, 1.54) is 6.07 Å². The van der Waals surface area contributed by atoms with Gasteiger partial charge in [0, 0.05) is 5.41 Å². The minimum atomic E-state index is -0.250. The molecule has 1 aromatic rings. The fraction of sp³-hybridized carbons (Fsp3) is 0.500. The van der Waals surface area contributed by atoms with Crippen LogP contribution in [0.5, 0.6) is 5.75 Å². The lowest BCUT2D eigenvalue weighted by atomic mass is 9.88.